The van der Waals surface area contributed by atoms with Gasteiger partial charge in [0, 0.05) is 16.8 Å². The lowest BCUT2D eigenvalue weighted by molar-refractivity contribution is -0.113. The number of nitrogens with one attached hydrogen (secondary N) is 1. The van der Waals surface area contributed by atoms with Crippen molar-refractivity contribution in [2.24, 2.45) is 0 Å². The zero-order chi connectivity index (χ0) is 19.4. The van der Waals surface area contributed by atoms with Crippen LogP contribution < -0.4 is 10.9 Å². The van der Waals surface area contributed by atoms with Crippen LogP contribution in [0, 0.1) is 0 Å². The molecule has 7 heteroatoms. The van der Waals surface area contributed by atoms with Crippen LogP contribution in [0.3, 0.4) is 0 Å². The van der Waals surface area contributed by atoms with Crippen molar-refractivity contribution in [3.63, 3.8) is 0 Å². The summed E-state index contributed by atoms with van der Waals surface area (Å²) in [7, 11) is 0. The highest BCUT2D eigenvalue weighted by Crippen LogP contribution is 2.23. The number of benzene rings is 2. The Morgan fingerprint density at radius 3 is 2.78 bits per heavy atom. The molecule has 0 aliphatic rings. The van der Waals surface area contributed by atoms with Crippen LogP contribution in [-0.4, -0.2) is 21.2 Å². The molecule has 0 aliphatic carbocycles. The molecule has 1 heterocycles. The number of aromatic nitrogens is 2. The molecule has 140 valence electrons. The van der Waals surface area contributed by atoms with Gasteiger partial charge in [-0.1, -0.05) is 48.5 Å². The quantitative estimate of drug-likeness (QED) is 0.478. The maximum atomic E-state index is 12.9. The van der Waals surface area contributed by atoms with Gasteiger partial charge in [0.15, 0.2) is 5.16 Å². The number of thioether (sulfide) groups is 1. The van der Waals surface area contributed by atoms with Gasteiger partial charge in [-0.15, -0.1) is 0 Å². The summed E-state index contributed by atoms with van der Waals surface area (Å²) in [6.07, 6.45) is 0.794. The average molecular weight is 402 g/mol. The first-order valence-electron chi connectivity index (χ1n) is 8.69. The highest BCUT2D eigenvalue weighted by Gasteiger charge is 2.16. The topological polar surface area (TPSA) is 64.0 Å². The van der Waals surface area contributed by atoms with Gasteiger partial charge in [0.25, 0.3) is 5.56 Å². The molecule has 2 aromatic carbocycles. The third kappa shape index (κ3) is 4.51. The highest BCUT2D eigenvalue weighted by atomic mass is 35.5. The van der Waals surface area contributed by atoms with Gasteiger partial charge in [0.2, 0.25) is 5.91 Å². The SMILES string of the molecule is CC[C@@H](C)n1c(SCC(=O)Nc2cccc(Cl)c2)nc2ccccc2c1=O. The Bertz CT molecular complexity index is 1040. The van der Waals surface area contributed by atoms with Crippen molar-refractivity contribution in [1.82, 2.24) is 9.55 Å². The molecule has 5 nitrogen and oxygen atoms in total. The van der Waals surface area contributed by atoms with E-state index in [1.807, 2.05) is 32.0 Å². The molecule has 1 aromatic heterocycles. The van der Waals surface area contributed by atoms with Crippen molar-refractivity contribution in [3.8, 4) is 0 Å². The minimum absolute atomic E-state index is 0.00639. The van der Waals surface area contributed by atoms with Crippen molar-refractivity contribution in [1.29, 1.82) is 0 Å². The number of nitrogens with zero attached hydrogens (tertiary/aromatic N) is 2. The molecule has 0 aliphatic heterocycles. The zero-order valence-electron chi connectivity index (χ0n) is 15.1. The molecule has 0 saturated heterocycles. The van der Waals surface area contributed by atoms with E-state index in [-0.39, 0.29) is 23.3 Å². The molecule has 1 amide bonds. The standard InChI is InChI=1S/C20H20ClN3O2S/c1-3-13(2)24-19(26)16-9-4-5-10-17(16)23-20(24)27-12-18(25)22-15-8-6-7-14(21)11-15/h4-11,13H,3,12H2,1-2H3,(H,22,25)/t13-/m1/s1. The Morgan fingerprint density at radius 2 is 2.04 bits per heavy atom. The fraction of sp³-hybridized carbons (Fsp3) is 0.250. The van der Waals surface area contributed by atoms with Crippen LogP contribution in [-0.2, 0) is 4.79 Å². The Labute approximate surface area is 166 Å². The molecule has 1 N–H and O–H groups in total. The molecule has 3 aromatic rings. The Hall–Kier alpha value is -2.31. The van der Waals surface area contributed by atoms with Crippen molar-refractivity contribution >= 4 is 45.9 Å². The predicted molar refractivity (Wildman–Crippen MR) is 112 cm³/mol. The van der Waals surface area contributed by atoms with Crippen LogP contribution in [0.4, 0.5) is 5.69 Å². The van der Waals surface area contributed by atoms with Crippen molar-refractivity contribution in [2.45, 2.75) is 31.5 Å². The maximum Gasteiger partial charge on any atom is 0.262 e. The Morgan fingerprint density at radius 1 is 1.26 bits per heavy atom. The number of rotatable bonds is 6. The van der Waals surface area contributed by atoms with E-state index < -0.39 is 0 Å². The minimum Gasteiger partial charge on any atom is -0.325 e. The minimum atomic E-state index is -0.180. The summed E-state index contributed by atoms with van der Waals surface area (Å²) in [5, 5.41) is 4.50. The van der Waals surface area contributed by atoms with Gasteiger partial charge in [-0.05, 0) is 43.7 Å². The summed E-state index contributed by atoms with van der Waals surface area (Å²) in [5.74, 6) is -0.0337. The summed E-state index contributed by atoms with van der Waals surface area (Å²) in [6, 6.07) is 14.3. The number of amides is 1. The number of hydrogen-bond acceptors (Lipinski definition) is 4. The summed E-state index contributed by atoms with van der Waals surface area (Å²) < 4.78 is 1.68. The van der Waals surface area contributed by atoms with Crippen LogP contribution in [0.1, 0.15) is 26.3 Å². The molecule has 3 rings (SSSR count). The van der Waals surface area contributed by atoms with Crippen LogP contribution in [0.5, 0.6) is 0 Å². The molecule has 0 fully saturated rings. The second-order valence-electron chi connectivity index (χ2n) is 6.19. The molecular weight excluding hydrogens is 382 g/mol. The zero-order valence-corrected chi connectivity index (χ0v) is 16.7. The lowest BCUT2D eigenvalue weighted by atomic mass is 10.2. The van der Waals surface area contributed by atoms with Crippen LogP contribution in [0.2, 0.25) is 5.02 Å². The number of hydrogen-bond donors (Lipinski definition) is 1. The van der Waals surface area contributed by atoms with E-state index in [2.05, 4.69) is 10.3 Å². The van der Waals surface area contributed by atoms with Gasteiger partial charge in [-0.3, -0.25) is 14.2 Å². The highest BCUT2D eigenvalue weighted by molar-refractivity contribution is 7.99. The van der Waals surface area contributed by atoms with E-state index in [0.29, 0.717) is 26.8 Å². The van der Waals surface area contributed by atoms with E-state index in [0.717, 1.165) is 6.42 Å². The summed E-state index contributed by atoms with van der Waals surface area (Å²) >= 11 is 7.20. The number of carbonyl (C=O) groups is 1. The molecule has 0 spiro atoms. The van der Waals surface area contributed by atoms with Crippen LogP contribution in [0.15, 0.2) is 58.5 Å². The first kappa shape index (κ1) is 19.5. The van der Waals surface area contributed by atoms with E-state index >= 15 is 0 Å². The van der Waals surface area contributed by atoms with E-state index in [1.54, 1.807) is 34.9 Å². The number of fused-ring (bicyclic) bond motifs is 1. The molecule has 0 unspecified atom stereocenters. The van der Waals surface area contributed by atoms with Gasteiger partial charge >= 0.3 is 0 Å². The third-order valence-electron chi connectivity index (χ3n) is 4.25. The fourth-order valence-corrected chi connectivity index (χ4v) is 3.78. The van der Waals surface area contributed by atoms with Gasteiger partial charge < -0.3 is 5.32 Å². The molecule has 0 bridgehead atoms. The molecule has 27 heavy (non-hydrogen) atoms. The lowest BCUT2D eigenvalue weighted by Gasteiger charge is -2.18. The van der Waals surface area contributed by atoms with E-state index in [4.69, 9.17) is 11.6 Å². The van der Waals surface area contributed by atoms with Crippen LogP contribution in [0.25, 0.3) is 10.9 Å². The summed E-state index contributed by atoms with van der Waals surface area (Å²) in [6.45, 7) is 4.00. The number of anilines is 1. The monoisotopic (exact) mass is 401 g/mol. The second-order valence-corrected chi connectivity index (χ2v) is 7.57. The number of halogens is 1. The Balaban J connectivity index is 1.85. The van der Waals surface area contributed by atoms with E-state index in [9.17, 15) is 9.59 Å². The first-order chi connectivity index (χ1) is 13.0. The number of carbonyl (C=O) groups excluding carboxylic acids is 1. The smallest absolute Gasteiger partial charge is 0.262 e. The van der Waals surface area contributed by atoms with Gasteiger partial charge in [0.05, 0.1) is 16.7 Å². The van der Waals surface area contributed by atoms with Crippen LogP contribution >= 0.6 is 23.4 Å². The number of para-hydroxylation sites is 1. The largest absolute Gasteiger partial charge is 0.325 e. The van der Waals surface area contributed by atoms with Gasteiger partial charge in [-0.2, -0.15) is 0 Å². The second kappa shape index (κ2) is 8.59. The van der Waals surface area contributed by atoms with Crippen molar-refractivity contribution in [3.05, 3.63) is 63.9 Å². The average Bonchev–Trinajstić information content (AvgIpc) is 2.66. The molecule has 0 radical (unpaired) electrons. The molecule has 0 saturated carbocycles. The predicted octanol–water partition coefficient (Wildman–Crippen LogP) is 4.75. The Kier molecular flexibility index (Phi) is 6.19. The summed E-state index contributed by atoms with van der Waals surface area (Å²) in [5.41, 5.74) is 1.20. The molecular formula is C20H20ClN3O2S. The van der Waals surface area contributed by atoms with E-state index in [1.165, 1.54) is 11.8 Å². The lowest BCUT2D eigenvalue weighted by Crippen LogP contribution is -2.26. The fourth-order valence-electron chi connectivity index (χ4n) is 2.69. The van der Waals surface area contributed by atoms with Crippen molar-refractivity contribution < 1.29 is 4.79 Å². The van der Waals surface area contributed by atoms with Gasteiger partial charge in [-0.25, -0.2) is 4.98 Å². The summed E-state index contributed by atoms with van der Waals surface area (Å²) in [4.78, 5) is 29.8. The maximum absolute atomic E-state index is 12.9. The normalized spacial score (nSPS) is 12.1. The third-order valence-corrected chi connectivity index (χ3v) is 5.44. The van der Waals surface area contributed by atoms with Gasteiger partial charge in [0.1, 0.15) is 0 Å². The first-order valence-corrected chi connectivity index (χ1v) is 10.1. The molecule has 1 atom stereocenters. The van der Waals surface area contributed by atoms with Crippen molar-refractivity contribution in [2.75, 3.05) is 11.1 Å².